The van der Waals surface area contributed by atoms with Crippen molar-refractivity contribution in [2.75, 3.05) is 26.3 Å². The molecule has 0 aromatic carbocycles. The Morgan fingerprint density at radius 1 is 0.958 bits per heavy atom. The fraction of sp³-hybridized carbons (Fsp3) is 0.947. The second kappa shape index (κ2) is 8.52. The van der Waals surface area contributed by atoms with E-state index in [1.807, 2.05) is 20.8 Å². The van der Waals surface area contributed by atoms with Crippen LogP contribution in [-0.4, -0.2) is 44.0 Å². The molecule has 142 valence electrons. The number of carbonyl (C=O) groups is 1. The van der Waals surface area contributed by atoms with E-state index in [0.29, 0.717) is 25.8 Å². The monoisotopic (exact) mass is 342 g/mol. The number of nitrogens with one attached hydrogen (secondary N) is 2. The summed E-state index contributed by atoms with van der Waals surface area (Å²) in [6.07, 6.45) is 3.59. The molecule has 1 rings (SSSR count). The lowest BCUT2D eigenvalue weighted by atomic mass is 9.89. The first-order chi connectivity index (χ1) is 10.9. The Kier molecular flexibility index (Phi) is 7.54. The van der Waals surface area contributed by atoms with Crippen molar-refractivity contribution in [3.8, 4) is 0 Å². The molecule has 0 radical (unpaired) electrons. The van der Waals surface area contributed by atoms with Crippen molar-refractivity contribution in [3.05, 3.63) is 0 Å². The Labute approximate surface area is 148 Å². The average molecular weight is 343 g/mol. The van der Waals surface area contributed by atoms with Gasteiger partial charge in [-0.3, -0.25) is 0 Å². The first kappa shape index (κ1) is 21.2. The van der Waals surface area contributed by atoms with Gasteiger partial charge in [0.2, 0.25) is 0 Å². The largest absolute Gasteiger partial charge is 0.444 e. The molecule has 5 nitrogen and oxygen atoms in total. The van der Waals surface area contributed by atoms with E-state index in [1.165, 1.54) is 19.3 Å². The van der Waals surface area contributed by atoms with E-state index >= 15 is 0 Å². The number of amides is 1. The minimum Gasteiger partial charge on any atom is -0.444 e. The lowest BCUT2D eigenvalue weighted by Crippen LogP contribution is -2.43. The van der Waals surface area contributed by atoms with Crippen molar-refractivity contribution >= 4 is 6.09 Å². The van der Waals surface area contributed by atoms with Crippen LogP contribution >= 0.6 is 0 Å². The highest BCUT2D eigenvalue weighted by Gasteiger charge is 2.26. The Balaban J connectivity index is 2.22. The maximum Gasteiger partial charge on any atom is 0.407 e. The highest BCUT2D eigenvalue weighted by Crippen LogP contribution is 2.22. The van der Waals surface area contributed by atoms with Gasteiger partial charge in [0.05, 0.1) is 13.2 Å². The molecular weight excluding hydrogens is 304 g/mol. The fourth-order valence-electron chi connectivity index (χ4n) is 2.36. The summed E-state index contributed by atoms with van der Waals surface area (Å²) in [7, 11) is 0. The van der Waals surface area contributed by atoms with Crippen LogP contribution in [0.25, 0.3) is 0 Å². The van der Waals surface area contributed by atoms with Crippen molar-refractivity contribution in [2.24, 2.45) is 10.8 Å². The first-order valence-corrected chi connectivity index (χ1v) is 9.17. The molecule has 0 bridgehead atoms. The zero-order valence-electron chi connectivity index (χ0n) is 16.8. The van der Waals surface area contributed by atoms with Gasteiger partial charge in [-0.2, -0.15) is 0 Å². The van der Waals surface area contributed by atoms with Gasteiger partial charge in [-0.05, 0) is 33.6 Å². The summed E-state index contributed by atoms with van der Waals surface area (Å²) in [4.78, 5) is 11.7. The number of rotatable bonds is 9. The molecule has 24 heavy (non-hydrogen) atoms. The van der Waals surface area contributed by atoms with Crippen LogP contribution in [-0.2, 0) is 9.47 Å². The summed E-state index contributed by atoms with van der Waals surface area (Å²) < 4.78 is 11.2. The predicted octanol–water partition coefficient (Wildman–Crippen LogP) is 3.72. The molecule has 0 saturated heterocycles. The molecule has 5 heteroatoms. The molecule has 1 aliphatic carbocycles. The minimum absolute atomic E-state index is 0.115. The average Bonchev–Trinajstić information content (AvgIpc) is 2.32. The molecule has 1 fully saturated rings. The molecule has 0 unspecified atom stereocenters. The van der Waals surface area contributed by atoms with Crippen LogP contribution in [0.5, 0.6) is 0 Å². The smallest absolute Gasteiger partial charge is 0.407 e. The standard InChI is InChI=1S/C19H38N2O3/c1-17(2,3)24-16(22)21-12-19(6,7)14-23-13-18(4,5)11-20-15-9-8-10-15/h15,20H,8-14H2,1-7H3,(H,21,22). The Morgan fingerprint density at radius 3 is 1.96 bits per heavy atom. The first-order valence-electron chi connectivity index (χ1n) is 9.17. The van der Waals surface area contributed by atoms with E-state index in [4.69, 9.17) is 9.47 Å². The molecule has 1 saturated carbocycles. The van der Waals surface area contributed by atoms with Crippen molar-refractivity contribution in [1.82, 2.24) is 10.6 Å². The molecule has 1 aliphatic rings. The topological polar surface area (TPSA) is 59.6 Å². The number of hydrogen-bond acceptors (Lipinski definition) is 4. The maximum absolute atomic E-state index is 11.7. The fourth-order valence-corrected chi connectivity index (χ4v) is 2.36. The molecule has 1 amide bonds. The van der Waals surface area contributed by atoms with E-state index < -0.39 is 5.60 Å². The van der Waals surface area contributed by atoms with Gasteiger partial charge in [0.15, 0.2) is 0 Å². The summed E-state index contributed by atoms with van der Waals surface area (Å²) in [5.74, 6) is 0. The molecule has 0 aromatic heterocycles. The van der Waals surface area contributed by atoms with Crippen LogP contribution in [0.4, 0.5) is 4.79 Å². The third-order valence-corrected chi connectivity index (χ3v) is 4.07. The highest BCUT2D eigenvalue weighted by molar-refractivity contribution is 5.67. The van der Waals surface area contributed by atoms with Crippen LogP contribution < -0.4 is 10.6 Å². The summed E-state index contributed by atoms with van der Waals surface area (Å²) >= 11 is 0. The van der Waals surface area contributed by atoms with E-state index in [1.54, 1.807) is 0 Å². The van der Waals surface area contributed by atoms with Gasteiger partial charge < -0.3 is 20.1 Å². The molecule has 0 heterocycles. The van der Waals surface area contributed by atoms with Gasteiger partial charge in [0, 0.05) is 30.0 Å². The lowest BCUT2D eigenvalue weighted by molar-refractivity contribution is 0.0109. The Hall–Kier alpha value is -0.810. The van der Waals surface area contributed by atoms with Crippen LogP contribution in [0.1, 0.15) is 67.7 Å². The second-order valence-corrected chi connectivity index (χ2v) is 9.69. The van der Waals surface area contributed by atoms with E-state index in [9.17, 15) is 4.79 Å². The molecule has 0 spiro atoms. The Bertz CT molecular complexity index is 396. The van der Waals surface area contributed by atoms with Crippen LogP contribution in [0.2, 0.25) is 0 Å². The summed E-state index contributed by atoms with van der Waals surface area (Å²) in [6.45, 7) is 17.0. The van der Waals surface area contributed by atoms with E-state index in [0.717, 1.165) is 6.54 Å². The number of carbonyl (C=O) groups excluding carboxylic acids is 1. The minimum atomic E-state index is -0.470. The number of hydrogen-bond donors (Lipinski definition) is 2. The Morgan fingerprint density at radius 2 is 1.50 bits per heavy atom. The highest BCUT2D eigenvalue weighted by atomic mass is 16.6. The van der Waals surface area contributed by atoms with Gasteiger partial charge >= 0.3 is 6.09 Å². The van der Waals surface area contributed by atoms with E-state index in [2.05, 4.69) is 38.3 Å². The lowest BCUT2D eigenvalue weighted by Gasteiger charge is -2.33. The maximum atomic E-state index is 11.7. The molecule has 2 N–H and O–H groups in total. The SMILES string of the molecule is CC(C)(CNC(=O)OC(C)(C)C)COCC(C)(C)CNC1CCC1. The summed E-state index contributed by atoms with van der Waals surface area (Å²) in [5.41, 5.74) is -0.485. The zero-order valence-corrected chi connectivity index (χ0v) is 16.8. The summed E-state index contributed by atoms with van der Waals surface area (Å²) in [6, 6.07) is 0.707. The predicted molar refractivity (Wildman–Crippen MR) is 98.3 cm³/mol. The van der Waals surface area contributed by atoms with Gasteiger partial charge in [0.25, 0.3) is 0 Å². The molecule has 0 aliphatic heterocycles. The number of alkyl carbamates (subject to hydrolysis) is 1. The number of ether oxygens (including phenoxy) is 2. The van der Waals surface area contributed by atoms with Gasteiger partial charge in [-0.15, -0.1) is 0 Å². The van der Waals surface area contributed by atoms with Crippen molar-refractivity contribution in [2.45, 2.75) is 79.4 Å². The molecular formula is C19H38N2O3. The van der Waals surface area contributed by atoms with Crippen molar-refractivity contribution in [3.63, 3.8) is 0 Å². The summed E-state index contributed by atoms with van der Waals surface area (Å²) in [5, 5.41) is 6.44. The third-order valence-electron chi connectivity index (χ3n) is 4.07. The molecule has 0 aromatic rings. The van der Waals surface area contributed by atoms with Gasteiger partial charge in [-0.25, -0.2) is 4.79 Å². The van der Waals surface area contributed by atoms with Crippen molar-refractivity contribution < 1.29 is 14.3 Å². The normalized spacial score (nSPS) is 16.6. The molecule has 0 atom stereocenters. The van der Waals surface area contributed by atoms with Crippen LogP contribution in [0.3, 0.4) is 0 Å². The van der Waals surface area contributed by atoms with Crippen LogP contribution in [0, 0.1) is 10.8 Å². The third kappa shape index (κ3) is 9.48. The quantitative estimate of drug-likeness (QED) is 0.670. The zero-order chi connectivity index (χ0) is 18.4. The van der Waals surface area contributed by atoms with Crippen molar-refractivity contribution in [1.29, 1.82) is 0 Å². The second-order valence-electron chi connectivity index (χ2n) is 9.69. The van der Waals surface area contributed by atoms with Crippen LogP contribution in [0.15, 0.2) is 0 Å². The van der Waals surface area contributed by atoms with E-state index in [-0.39, 0.29) is 16.9 Å². The van der Waals surface area contributed by atoms with Gasteiger partial charge in [-0.1, -0.05) is 34.1 Å². The van der Waals surface area contributed by atoms with Gasteiger partial charge in [0.1, 0.15) is 5.60 Å².